The van der Waals surface area contributed by atoms with Gasteiger partial charge in [-0.3, -0.25) is 15.0 Å². The zero-order chi connectivity index (χ0) is 74.8. The summed E-state index contributed by atoms with van der Waals surface area (Å²) in [5, 5.41) is 18.6. The van der Waals surface area contributed by atoms with Gasteiger partial charge in [-0.25, -0.2) is 9.97 Å². The zero-order valence-electron chi connectivity index (χ0n) is 62.8. The van der Waals surface area contributed by atoms with Gasteiger partial charge in [0.25, 0.3) is 0 Å². The molecule has 0 saturated carbocycles. The molecule has 4 aromatic heterocycles. The second kappa shape index (κ2) is 37.4. The third-order valence-corrected chi connectivity index (χ3v) is 19.1. The number of nitrogens with zero attached hydrogens (tertiary/aromatic N) is 5. The number of benzene rings is 15. The number of rotatable bonds is 4. The third-order valence-electron chi connectivity index (χ3n) is 19.1. The van der Waals surface area contributed by atoms with Crippen molar-refractivity contribution in [3.63, 3.8) is 0 Å². The molecular formula is C103H89N5. The van der Waals surface area contributed by atoms with Crippen LogP contribution in [0.3, 0.4) is 0 Å². The number of pyridine rings is 3. The Morgan fingerprint density at radius 1 is 0.204 bits per heavy atom. The van der Waals surface area contributed by atoms with Crippen LogP contribution in [0.25, 0.3) is 120 Å². The van der Waals surface area contributed by atoms with Crippen molar-refractivity contribution < 1.29 is 0 Å². The van der Waals surface area contributed by atoms with Crippen molar-refractivity contribution in [3.05, 3.63) is 440 Å². The molecule has 108 heavy (non-hydrogen) atoms. The molecule has 0 N–H and O–H groups in total. The van der Waals surface area contributed by atoms with Gasteiger partial charge in [0.2, 0.25) is 0 Å². The monoisotopic (exact) mass is 1400 g/mol. The molecule has 0 radical (unpaired) electrons. The molecule has 0 unspecified atom stereocenters. The van der Waals surface area contributed by atoms with Gasteiger partial charge in [0, 0.05) is 48.6 Å². The molecule has 0 amide bonds. The summed E-state index contributed by atoms with van der Waals surface area (Å²) in [6, 6.07) is 124. The van der Waals surface area contributed by atoms with Gasteiger partial charge >= 0.3 is 0 Å². The van der Waals surface area contributed by atoms with Gasteiger partial charge in [0.1, 0.15) is 6.33 Å². The maximum Gasteiger partial charge on any atom is 0.115 e. The van der Waals surface area contributed by atoms with Gasteiger partial charge in [-0.1, -0.05) is 315 Å². The van der Waals surface area contributed by atoms with Crippen molar-refractivity contribution in [2.45, 2.75) is 55.4 Å². The van der Waals surface area contributed by atoms with E-state index in [2.05, 4.69) is 350 Å². The number of aryl methyl sites for hydroxylation is 8. The summed E-state index contributed by atoms with van der Waals surface area (Å²) in [6.45, 7) is 16.7. The number of hydrogen-bond acceptors (Lipinski definition) is 5. The Kier molecular flexibility index (Phi) is 25.7. The summed E-state index contributed by atoms with van der Waals surface area (Å²) in [7, 11) is 0. The van der Waals surface area contributed by atoms with E-state index < -0.39 is 0 Å². The lowest BCUT2D eigenvalue weighted by atomic mass is 9.87. The van der Waals surface area contributed by atoms with Gasteiger partial charge in [-0.15, -0.1) is 0 Å². The van der Waals surface area contributed by atoms with E-state index in [-0.39, 0.29) is 0 Å². The van der Waals surface area contributed by atoms with Crippen molar-refractivity contribution >= 4 is 75.4 Å². The molecule has 19 aromatic rings. The Labute approximate surface area is 636 Å². The summed E-state index contributed by atoms with van der Waals surface area (Å²) in [4.78, 5) is 19.3. The fourth-order valence-electron chi connectivity index (χ4n) is 13.5. The van der Waals surface area contributed by atoms with E-state index in [0.717, 1.165) is 11.4 Å². The number of fused-ring (bicyclic) bond motifs is 7. The van der Waals surface area contributed by atoms with Gasteiger partial charge < -0.3 is 0 Å². The van der Waals surface area contributed by atoms with E-state index in [0.29, 0.717) is 0 Å². The van der Waals surface area contributed by atoms with Crippen LogP contribution < -0.4 is 0 Å². The van der Waals surface area contributed by atoms with Crippen LogP contribution in [0.15, 0.2) is 395 Å². The topological polar surface area (TPSA) is 64.5 Å². The van der Waals surface area contributed by atoms with Crippen LogP contribution in [-0.4, -0.2) is 24.9 Å². The molecule has 4 heterocycles. The molecule has 0 aliphatic carbocycles. The Balaban J connectivity index is 0.000000121. The number of hydrogen-bond donors (Lipinski definition) is 0. The van der Waals surface area contributed by atoms with Crippen molar-refractivity contribution in [3.8, 4) is 44.5 Å². The molecule has 19 rings (SSSR count). The normalized spacial score (nSPS) is 10.4. The second-order valence-corrected chi connectivity index (χ2v) is 26.7. The van der Waals surface area contributed by atoms with Crippen LogP contribution in [-0.2, 0) is 0 Å². The second-order valence-electron chi connectivity index (χ2n) is 26.7. The summed E-state index contributed by atoms with van der Waals surface area (Å²) in [5.74, 6) is 0. The molecule has 15 aromatic carbocycles. The fraction of sp³-hybridized carbons (Fsp3) is 0.0777. The smallest absolute Gasteiger partial charge is 0.115 e. The molecular weight excluding hydrogens is 1310 g/mol. The Hall–Kier alpha value is -13.4. The Morgan fingerprint density at radius 3 is 1.16 bits per heavy atom. The van der Waals surface area contributed by atoms with E-state index in [9.17, 15) is 0 Å². The first-order valence-corrected chi connectivity index (χ1v) is 36.7. The van der Waals surface area contributed by atoms with Crippen molar-refractivity contribution in [2.75, 3.05) is 0 Å². The molecule has 5 nitrogen and oxygen atoms in total. The van der Waals surface area contributed by atoms with Crippen LogP contribution in [0.4, 0.5) is 0 Å². The van der Waals surface area contributed by atoms with Crippen LogP contribution in [0.5, 0.6) is 0 Å². The zero-order valence-corrected chi connectivity index (χ0v) is 62.8. The molecule has 0 fully saturated rings. The highest BCUT2D eigenvalue weighted by atomic mass is 14.8. The molecule has 0 spiro atoms. The van der Waals surface area contributed by atoms with Crippen LogP contribution in [0, 0.1) is 55.4 Å². The number of aromatic nitrogens is 5. The summed E-state index contributed by atoms with van der Waals surface area (Å²) < 4.78 is 0. The maximum atomic E-state index is 3.98. The summed E-state index contributed by atoms with van der Waals surface area (Å²) in [6.07, 6.45) is 12.2. The molecule has 0 aliphatic rings. The highest BCUT2D eigenvalue weighted by Gasteiger charge is 2.16. The summed E-state index contributed by atoms with van der Waals surface area (Å²) in [5.41, 5.74) is 20.3. The molecule has 526 valence electrons. The van der Waals surface area contributed by atoms with Crippen molar-refractivity contribution in [1.29, 1.82) is 0 Å². The highest BCUT2D eigenvalue weighted by Crippen LogP contribution is 2.42. The first kappa shape index (κ1) is 74.4. The minimum absolute atomic E-state index is 1.01. The largest absolute Gasteiger partial charge is 0.265 e. The van der Waals surface area contributed by atoms with E-state index in [1.165, 1.54) is 160 Å². The van der Waals surface area contributed by atoms with E-state index in [1.807, 2.05) is 88.5 Å². The first-order chi connectivity index (χ1) is 53.0. The molecule has 0 bridgehead atoms. The van der Waals surface area contributed by atoms with Crippen LogP contribution in [0.2, 0.25) is 0 Å². The lowest BCUT2D eigenvalue weighted by Gasteiger charge is -2.16. The van der Waals surface area contributed by atoms with Gasteiger partial charge in [-0.2, -0.15) is 0 Å². The Bertz CT molecular complexity index is 5790. The fourth-order valence-corrected chi connectivity index (χ4v) is 13.5. The van der Waals surface area contributed by atoms with Gasteiger partial charge in [-0.05, 0) is 246 Å². The third kappa shape index (κ3) is 19.1. The SMILES string of the molecule is Cc1c2ccccc2c(-c2cccc3ccccc23)c2ccccc12.Cc1c2ccccc2c(-c2ccccc2)c2ccccc12.Cc1ccc(-c2ccccc2)c2ccccc12.Cc1ccc2cc(-c3ccccc3)ccc2c1.Cc1ccccn1.Cc1cccnc1.Cc1ccncc1.Cc1ccncn1. The van der Waals surface area contributed by atoms with E-state index in [1.54, 1.807) is 31.0 Å². The standard InChI is InChI=1S/C25H18.C21H16.2C17H14.3C6H7N.C5H6N2/c1-17-19-11-4-6-14-22(19)25(23-15-7-5-12-20(17)23)24-16-8-10-18-9-2-3-13-21(18)24;1-15-17-11-5-7-13-19(17)21(16-9-3-2-4-10-16)20-14-8-6-12-18(15)20;1-13-11-12-16(14-7-3-2-4-8-14)17-10-6-5-9-15(13)17;1-13-7-8-17-12-16(10-9-15(17)11-13)14-5-3-2-4-6-14;1-6-2-4-7-5-3-6;1-6-3-2-4-7-5-6;1-6-4-2-3-5-7-6;1-5-2-3-6-4-7-5/h2-16H,1H3;2-14H,1H3;2*2-12H,1H3;3*2-5H,1H3;2-4H,1H3. The highest BCUT2D eigenvalue weighted by molar-refractivity contribution is 6.19. The molecule has 5 heteroatoms. The lowest BCUT2D eigenvalue weighted by Crippen LogP contribution is -1.90. The average molecular weight is 1400 g/mol. The van der Waals surface area contributed by atoms with Crippen LogP contribution in [0.1, 0.15) is 44.8 Å². The quantitative estimate of drug-likeness (QED) is 0.164. The average Bonchev–Trinajstić information content (AvgIpc) is 0.752. The summed E-state index contributed by atoms with van der Waals surface area (Å²) >= 11 is 0. The minimum atomic E-state index is 1.01. The maximum absolute atomic E-state index is 3.98. The lowest BCUT2D eigenvalue weighted by molar-refractivity contribution is 1.10. The van der Waals surface area contributed by atoms with Gasteiger partial charge in [0.05, 0.1) is 0 Å². The minimum Gasteiger partial charge on any atom is -0.265 e. The van der Waals surface area contributed by atoms with Gasteiger partial charge in [0.15, 0.2) is 0 Å². The van der Waals surface area contributed by atoms with Crippen molar-refractivity contribution in [2.24, 2.45) is 0 Å². The van der Waals surface area contributed by atoms with Crippen LogP contribution >= 0.6 is 0 Å². The molecule has 0 saturated heterocycles. The molecule has 0 atom stereocenters. The predicted octanol–water partition coefficient (Wildman–Crippen LogP) is 27.7. The van der Waals surface area contributed by atoms with E-state index >= 15 is 0 Å². The van der Waals surface area contributed by atoms with Crippen molar-refractivity contribution in [1.82, 2.24) is 24.9 Å². The Morgan fingerprint density at radius 2 is 0.676 bits per heavy atom. The first-order valence-electron chi connectivity index (χ1n) is 36.7. The predicted molar refractivity (Wildman–Crippen MR) is 463 cm³/mol. The van der Waals surface area contributed by atoms with E-state index in [4.69, 9.17) is 0 Å². The molecule has 0 aliphatic heterocycles.